The molecule has 102 valence electrons. The molecule has 18 heavy (non-hydrogen) atoms. The third kappa shape index (κ3) is 2.97. The summed E-state index contributed by atoms with van der Waals surface area (Å²) < 4.78 is 3.33. The number of rotatable bonds is 7. The van der Waals surface area contributed by atoms with Crippen molar-refractivity contribution in [1.82, 2.24) is 15.1 Å². The quantitative estimate of drug-likeness (QED) is 0.830. The van der Waals surface area contributed by atoms with Crippen LogP contribution in [0, 0.1) is 11.8 Å². The van der Waals surface area contributed by atoms with Gasteiger partial charge in [0.25, 0.3) is 0 Å². The average Bonchev–Trinajstić information content (AvgIpc) is 2.96. The van der Waals surface area contributed by atoms with E-state index in [1.807, 2.05) is 6.20 Å². The van der Waals surface area contributed by atoms with Crippen LogP contribution in [0.15, 0.2) is 10.7 Å². The van der Waals surface area contributed by atoms with Crippen molar-refractivity contribution in [2.45, 2.75) is 52.6 Å². The van der Waals surface area contributed by atoms with Crippen molar-refractivity contribution in [3.05, 3.63) is 16.4 Å². The third-order valence-electron chi connectivity index (χ3n) is 3.78. The minimum Gasteiger partial charge on any atom is -0.308 e. The lowest BCUT2D eigenvalue weighted by atomic mass is 10.1. The fraction of sp³-hybridized carbons (Fsp3) is 0.786. The van der Waals surface area contributed by atoms with Gasteiger partial charge in [0.05, 0.1) is 22.4 Å². The number of nitrogens with one attached hydrogen (secondary N) is 1. The average molecular weight is 314 g/mol. The lowest BCUT2D eigenvalue weighted by Gasteiger charge is -2.21. The molecule has 0 bridgehead atoms. The van der Waals surface area contributed by atoms with Crippen LogP contribution in [-0.4, -0.2) is 16.3 Å². The van der Waals surface area contributed by atoms with Crippen molar-refractivity contribution in [1.29, 1.82) is 0 Å². The zero-order valence-electron chi connectivity index (χ0n) is 11.6. The van der Waals surface area contributed by atoms with E-state index < -0.39 is 0 Å². The van der Waals surface area contributed by atoms with E-state index in [0.717, 1.165) is 35.8 Å². The van der Waals surface area contributed by atoms with Gasteiger partial charge in [-0.1, -0.05) is 20.8 Å². The summed E-state index contributed by atoms with van der Waals surface area (Å²) in [6.45, 7) is 8.86. The second-order valence-corrected chi connectivity index (χ2v) is 6.26. The Hall–Kier alpha value is -0.350. The highest BCUT2D eigenvalue weighted by Crippen LogP contribution is 2.48. The van der Waals surface area contributed by atoms with E-state index in [-0.39, 0.29) is 0 Å². The lowest BCUT2D eigenvalue weighted by Crippen LogP contribution is -2.27. The molecule has 0 saturated heterocycles. The summed E-state index contributed by atoms with van der Waals surface area (Å²) in [5.74, 6) is 1.62. The summed E-state index contributed by atoms with van der Waals surface area (Å²) in [6, 6.07) is 0.461. The number of hydrogen-bond donors (Lipinski definition) is 1. The summed E-state index contributed by atoms with van der Waals surface area (Å²) in [5.41, 5.74) is 1.35. The van der Waals surface area contributed by atoms with Crippen LogP contribution < -0.4 is 5.32 Å². The van der Waals surface area contributed by atoms with E-state index in [1.165, 1.54) is 18.5 Å². The van der Waals surface area contributed by atoms with Gasteiger partial charge in [-0.25, -0.2) is 0 Å². The summed E-state index contributed by atoms with van der Waals surface area (Å²) in [5, 5.41) is 8.21. The molecule has 1 saturated carbocycles. The molecule has 0 aromatic carbocycles. The summed E-state index contributed by atoms with van der Waals surface area (Å²) in [6.07, 6.45) is 5.59. The van der Waals surface area contributed by atoms with Crippen molar-refractivity contribution in [2.24, 2.45) is 11.8 Å². The Morgan fingerprint density at radius 2 is 2.22 bits per heavy atom. The van der Waals surface area contributed by atoms with E-state index in [1.54, 1.807) is 0 Å². The van der Waals surface area contributed by atoms with E-state index in [4.69, 9.17) is 0 Å². The van der Waals surface area contributed by atoms with Gasteiger partial charge in [-0.2, -0.15) is 5.10 Å². The Labute approximate surface area is 118 Å². The molecule has 1 N–H and O–H groups in total. The Morgan fingerprint density at radius 3 is 2.78 bits per heavy atom. The SMILES string of the molecule is CCCNC(c1c(Br)cnn1CCC)C1CC1C. The van der Waals surface area contributed by atoms with Gasteiger partial charge in [-0.15, -0.1) is 0 Å². The molecular weight excluding hydrogens is 290 g/mol. The molecule has 0 amide bonds. The maximum Gasteiger partial charge on any atom is 0.0698 e. The van der Waals surface area contributed by atoms with Gasteiger partial charge in [0, 0.05) is 6.54 Å². The molecule has 1 aliphatic carbocycles. The van der Waals surface area contributed by atoms with Crippen molar-refractivity contribution >= 4 is 15.9 Å². The fourth-order valence-electron chi connectivity index (χ4n) is 2.64. The highest BCUT2D eigenvalue weighted by Gasteiger charge is 2.41. The molecule has 1 aromatic rings. The zero-order chi connectivity index (χ0) is 13.1. The topological polar surface area (TPSA) is 29.9 Å². The standard InChI is InChI=1S/C14H24BrN3/c1-4-6-16-13(11-8-10(11)3)14-12(15)9-17-18(14)7-5-2/h9-11,13,16H,4-8H2,1-3H3. The number of hydrogen-bond acceptors (Lipinski definition) is 2. The van der Waals surface area contributed by atoms with Gasteiger partial charge in [0.2, 0.25) is 0 Å². The van der Waals surface area contributed by atoms with Crippen molar-refractivity contribution in [2.75, 3.05) is 6.54 Å². The van der Waals surface area contributed by atoms with Gasteiger partial charge >= 0.3 is 0 Å². The number of aromatic nitrogens is 2. The van der Waals surface area contributed by atoms with Gasteiger partial charge in [0.15, 0.2) is 0 Å². The smallest absolute Gasteiger partial charge is 0.0698 e. The van der Waals surface area contributed by atoms with Crippen LogP contribution in [0.5, 0.6) is 0 Å². The lowest BCUT2D eigenvalue weighted by molar-refractivity contribution is 0.419. The van der Waals surface area contributed by atoms with Crippen LogP contribution in [0.3, 0.4) is 0 Å². The van der Waals surface area contributed by atoms with Crippen LogP contribution in [-0.2, 0) is 6.54 Å². The molecule has 3 unspecified atom stereocenters. The molecule has 0 radical (unpaired) electrons. The Balaban J connectivity index is 2.20. The largest absolute Gasteiger partial charge is 0.308 e. The summed E-state index contributed by atoms with van der Waals surface area (Å²) in [4.78, 5) is 0. The van der Waals surface area contributed by atoms with Crippen LogP contribution in [0.1, 0.15) is 51.8 Å². The summed E-state index contributed by atoms with van der Waals surface area (Å²) in [7, 11) is 0. The van der Waals surface area contributed by atoms with Crippen LogP contribution >= 0.6 is 15.9 Å². The van der Waals surface area contributed by atoms with Crippen molar-refractivity contribution < 1.29 is 0 Å². The predicted molar refractivity (Wildman–Crippen MR) is 78.5 cm³/mol. The monoisotopic (exact) mass is 313 g/mol. The molecule has 1 aromatic heterocycles. The molecular formula is C14H24BrN3. The maximum atomic E-state index is 4.50. The molecule has 1 fully saturated rings. The fourth-order valence-corrected chi connectivity index (χ4v) is 3.18. The minimum atomic E-state index is 0.461. The van der Waals surface area contributed by atoms with Crippen molar-refractivity contribution in [3.8, 4) is 0 Å². The first-order valence-electron chi connectivity index (χ1n) is 7.13. The molecule has 2 rings (SSSR count). The number of halogens is 1. The van der Waals surface area contributed by atoms with Crippen molar-refractivity contribution in [3.63, 3.8) is 0 Å². The van der Waals surface area contributed by atoms with E-state index >= 15 is 0 Å². The van der Waals surface area contributed by atoms with Gasteiger partial charge in [-0.3, -0.25) is 4.68 Å². The number of aryl methyl sites for hydroxylation is 1. The highest BCUT2D eigenvalue weighted by molar-refractivity contribution is 9.10. The van der Waals surface area contributed by atoms with Crippen LogP contribution in [0.2, 0.25) is 0 Å². The van der Waals surface area contributed by atoms with E-state index in [9.17, 15) is 0 Å². The highest BCUT2D eigenvalue weighted by atomic mass is 79.9. The Kier molecular flexibility index (Phi) is 4.84. The van der Waals surface area contributed by atoms with E-state index in [0.29, 0.717) is 6.04 Å². The Bertz CT molecular complexity index is 388. The minimum absolute atomic E-state index is 0.461. The molecule has 1 heterocycles. The zero-order valence-corrected chi connectivity index (χ0v) is 13.2. The molecule has 0 aliphatic heterocycles. The first-order valence-corrected chi connectivity index (χ1v) is 7.92. The molecule has 4 heteroatoms. The van der Waals surface area contributed by atoms with Gasteiger partial charge in [-0.05, 0) is 53.6 Å². The third-order valence-corrected chi connectivity index (χ3v) is 4.39. The molecule has 1 aliphatic rings. The van der Waals surface area contributed by atoms with Crippen LogP contribution in [0.25, 0.3) is 0 Å². The normalized spacial score (nSPS) is 24.2. The molecule has 3 nitrogen and oxygen atoms in total. The van der Waals surface area contributed by atoms with Gasteiger partial charge < -0.3 is 5.32 Å². The predicted octanol–water partition coefficient (Wildman–Crippen LogP) is 3.75. The molecule has 3 atom stereocenters. The number of nitrogens with zero attached hydrogens (tertiary/aromatic N) is 2. The second-order valence-electron chi connectivity index (χ2n) is 5.41. The molecule has 0 spiro atoms. The maximum absolute atomic E-state index is 4.50. The van der Waals surface area contributed by atoms with E-state index in [2.05, 4.69) is 51.8 Å². The second kappa shape index (κ2) is 6.20. The first-order chi connectivity index (χ1) is 8.69. The Morgan fingerprint density at radius 1 is 1.50 bits per heavy atom. The summed E-state index contributed by atoms with van der Waals surface area (Å²) >= 11 is 3.67. The van der Waals surface area contributed by atoms with Crippen LogP contribution in [0.4, 0.5) is 0 Å². The first kappa shape index (κ1) is 14.1. The van der Waals surface area contributed by atoms with Gasteiger partial charge in [0.1, 0.15) is 0 Å².